The molecule has 0 amide bonds. The lowest BCUT2D eigenvalue weighted by Crippen LogP contribution is -2.38. The Morgan fingerprint density at radius 2 is 2.00 bits per heavy atom. The van der Waals surface area contributed by atoms with Crippen molar-refractivity contribution >= 4 is 16.0 Å². The van der Waals surface area contributed by atoms with Crippen LogP contribution in [0, 0.1) is 12.7 Å². The van der Waals surface area contributed by atoms with Gasteiger partial charge in [-0.25, -0.2) is 12.8 Å². The third kappa shape index (κ3) is 3.50. The Balaban J connectivity index is 3.09. The first-order valence-electron chi connectivity index (χ1n) is 4.75. The molecule has 0 spiro atoms. The monoisotopic (exact) mass is 261 g/mol. The summed E-state index contributed by atoms with van der Waals surface area (Å²) >= 11 is 0. The number of benzene rings is 1. The quantitative estimate of drug-likeness (QED) is 0.843. The van der Waals surface area contributed by atoms with Gasteiger partial charge in [-0.15, -0.1) is 0 Å². The summed E-state index contributed by atoms with van der Waals surface area (Å²) in [5.74, 6) is -1.99. The van der Waals surface area contributed by atoms with E-state index < -0.39 is 27.9 Å². The summed E-state index contributed by atoms with van der Waals surface area (Å²) in [5, 5.41) is 8.60. The van der Waals surface area contributed by atoms with E-state index in [1.165, 1.54) is 19.1 Å². The van der Waals surface area contributed by atoms with Crippen molar-refractivity contribution in [2.75, 3.05) is 0 Å². The SMILES string of the molecule is Cc1cc(F)cc(S(=O)(=O)N[C@@H](C)C(=O)O)c1. The second-order valence-corrected chi connectivity index (χ2v) is 5.36. The van der Waals surface area contributed by atoms with Crippen LogP contribution in [0.1, 0.15) is 12.5 Å². The van der Waals surface area contributed by atoms with Crippen LogP contribution in [0.25, 0.3) is 0 Å². The van der Waals surface area contributed by atoms with Crippen molar-refractivity contribution in [2.24, 2.45) is 0 Å². The molecule has 1 atom stereocenters. The molecule has 7 heteroatoms. The topological polar surface area (TPSA) is 83.5 Å². The zero-order chi connectivity index (χ0) is 13.2. The fraction of sp³-hybridized carbons (Fsp3) is 0.300. The highest BCUT2D eigenvalue weighted by atomic mass is 32.2. The molecule has 1 aromatic carbocycles. The molecule has 0 aliphatic rings. The predicted molar refractivity (Wildman–Crippen MR) is 58.6 cm³/mol. The highest BCUT2D eigenvalue weighted by Gasteiger charge is 2.22. The van der Waals surface area contributed by atoms with Crippen molar-refractivity contribution in [1.82, 2.24) is 4.72 Å². The normalized spacial score (nSPS) is 13.4. The molecule has 0 aliphatic carbocycles. The lowest BCUT2D eigenvalue weighted by Gasteiger charge is -2.10. The van der Waals surface area contributed by atoms with Gasteiger partial charge in [-0.2, -0.15) is 4.72 Å². The average molecular weight is 261 g/mol. The first kappa shape index (κ1) is 13.6. The van der Waals surface area contributed by atoms with Crippen molar-refractivity contribution < 1.29 is 22.7 Å². The second-order valence-electron chi connectivity index (χ2n) is 3.65. The van der Waals surface area contributed by atoms with Gasteiger partial charge in [0, 0.05) is 0 Å². The highest BCUT2D eigenvalue weighted by molar-refractivity contribution is 7.89. The number of rotatable bonds is 4. The molecule has 0 bridgehead atoms. The first-order valence-corrected chi connectivity index (χ1v) is 6.23. The highest BCUT2D eigenvalue weighted by Crippen LogP contribution is 2.14. The molecule has 0 saturated heterocycles. The molecule has 0 fully saturated rings. The number of halogens is 1. The summed E-state index contributed by atoms with van der Waals surface area (Å²) in [6, 6.07) is 2.01. The van der Waals surface area contributed by atoms with Crippen molar-refractivity contribution in [2.45, 2.75) is 24.8 Å². The lowest BCUT2D eigenvalue weighted by atomic mass is 10.2. The minimum absolute atomic E-state index is 0.289. The third-order valence-electron chi connectivity index (χ3n) is 2.03. The smallest absolute Gasteiger partial charge is 0.321 e. The van der Waals surface area contributed by atoms with E-state index in [4.69, 9.17) is 5.11 Å². The molecule has 0 heterocycles. The Bertz CT molecular complexity index is 521. The van der Waals surface area contributed by atoms with Gasteiger partial charge in [-0.05, 0) is 37.6 Å². The molecule has 1 rings (SSSR count). The number of hydrogen-bond donors (Lipinski definition) is 2. The molecule has 0 radical (unpaired) electrons. The van der Waals surface area contributed by atoms with E-state index in [1.807, 2.05) is 4.72 Å². The van der Waals surface area contributed by atoms with Gasteiger partial charge in [0.1, 0.15) is 11.9 Å². The van der Waals surface area contributed by atoms with Crippen LogP contribution in [0.5, 0.6) is 0 Å². The van der Waals surface area contributed by atoms with Crippen LogP contribution in [0.3, 0.4) is 0 Å². The van der Waals surface area contributed by atoms with Crippen molar-refractivity contribution in [3.63, 3.8) is 0 Å². The third-order valence-corrected chi connectivity index (χ3v) is 3.55. The van der Waals surface area contributed by atoms with Crippen molar-refractivity contribution in [3.05, 3.63) is 29.6 Å². The Kier molecular flexibility index (Phi) is 3.84. The maximum absolute atomic E-state index is 13.0. The fourth-order valence-electron chi connectivity index (χ4n) is 1.21. The maximum atomic E-state index is 13.0. The van der Waals surface area contributed by atoms with E-state index in [1.54, 1.807) is 6.92 Å². The standard InChI is InChI=1S/C10H12FNO4S/c1-6-3-8(11)5-9(4-6)17(15,16)12-7(2)10(13)14/h3-5,7,12H,1-2H3,(H,13,14)/t7-/m0/s1. The maximum Gasteiger partial charge on any atom is 0.321 e. The molecule has 0 saturated carbocycles. The summed E-state index contributed by atoms with van der Waals surface area (Å²) < 4.78 is 38.4. The summed E-state index contributed by atoms with van der Waals surface area (Å²) in [5.41, 5.74) is 0.438. The number of aryl methyl sites for hydroxylation is 1. The van der Waals surface area contributed by atoms with Crippen LogP contribution < -0.4 is 4.72 Å². The molecular weight excluding hydrogens is 249 g/mol. The number of aliphatic carboxylic acids is 1. The van der Waals surface area contributed by atoms with Gasteiger partial charge >= 0.3 is 5.97 Å². The molecule has 94 valence electrons. The van der Waals surface area contributed by atoms with E-state index >= 15 is 0 Å². The Labute approximate surface area is 98.3 Å². The summed E-state index contributed by atoms with van der Waals surface area (Å²) in [4.78, 5) is 10.3. The molecule has 17 heavy (non-hydrogen) atoms. The number of sulfonamides is 1. The van der Waals surface area contributed by atoms with E-state index in [2.05, 4.69) is 0 Å². The van der Waals surface area contributed by atoms with E-state index in [0.717, 1.165) is 6.07 Å². The van der Waals surface area contributed by atoms with Gasteiger partial charge in [0.25, 0.3) is 0 Å². The molecule has 0 aliphatic heterocycles. The number of nitrogens with one attached hydrogen (secondary N) is 1. The first-order chi connectivity index (χ1) is 7.72. The molecule has 0 unspecified atom stereocenters. The number of hydrogen-bond acceptors (Lipinski definition) is 3. The predicted octanol–water partition coefficient (Wildman–Crippen LogP) is 0.886. The molecule has 0 aromatic heterocycles. The van der Waals surface area contributed by atoms with Gasteiger partial charge in [-0.1, -0.05) is 0 Å². The number of carboxylic acids is 1. The van der Waals surface area contributed by atoms with E-state index in [-0.39, 0.29) is 4.90 Å². The van der Waals surface area contributed by atoms with Crippen LogP contribution in [-0.4, -0.2) is 25.5 Å². The largest absolute Gasteiger partial charge is 0.480 e. The minimum atomic E-state index is -4.02. The Hall–Kier alpha value is -1.47. The number of carboxylic acid groups (broad SMARTS) is 1. The zero-order valence-electron chi connectivity index (χ0n) is 9.27. The van der Waals surface area contributed by atoms with Crippen LogP contribution in [-0.2, 0) is 14.8 Å². The molecule has 2 N–H and O–H groups in total. The van der Waals surface area contributed by atoms with Gasteiger partial charge in [-0.3, -0.25) is 4.79 Å². The molecule has 1 aromatic rings. The van der Waals surface area contributed by atoms with E-state index in [0.29, 0.717) is 5.56 Å². The van der Waals surface area contributed by atoms with Gasteiger partial charge in [0.15, 0.2) is 0 Å². The summed E-state index contributed by atoms with van der Waals surface area (Å²) in [6.45, 7) is 2.73. The van der Waals surface area contributed by atoms with Crippen LogP contribution >= 0.6 is 0 Å². The Morgan fingerprint density at radius 1 is 1.41 bits per heavy atom. The molecule has 5 nitrogen and oxygen atoms in total. The summed E-state index contributed by atoms with van der Waals surface area (Å²) in [6.07, 6.45) is 0. The average Bonchev–Trinajstić information content (AvgIpc) is 2.15. The molecular formula is C10H12FNO4S. The summed E-state index contributed by atoms with van der Waals surface area (Å²) in [7, 11) is -4.02. The minimum Gasteiger partial charge on any atom is -0.480 e. The van der Waals surface area contributed by atoms with Gasteiger partial charge in [0.05, 0.1) is 4.90 Å². The van der Waals surface area contributed by atoms with Gasteiger partial charge in [0.2, 0.25) is 10.0 Å². The van der Waals surface area contributed by atoms with Crippen molar-refractivity contribution in [3.8, 4) is 0 Å². The van der Waals surface area contributed by atoms with Crippen LogP contribution in [0.2, 0.25) is 0 Å². The number of carbonyl (C=O) groups is 1. The van der Waals surface area contributed by atoms with Crippen LogP contribution in [0.4, 0.5) is 4.39 Å². The fourth-order valence-corrected chi connectivity index (χ4v) is 2.52. The zero-order valence-corrected chi connectivity index (χ0v) is 10.1. The lowest BCUT2D eigenvalue weighted by molar-refractivity contribution is -0.138. The second kappa shape index (κ2) is 4.80. The van der Waals surface area contributed by atoms with Crippen molar-refractivity contribution in [1.29, 1.82) is 0 Å². The van der Waals surface area contributed by atoms with E-state index in [9.17, 15) is 17.6 Å². The Morgan fingerprint density at radius 3 is 2.47 bits per heavy atom. The van der Waals surface area contributed by atoms with Crippen LogP contribution in [0.15, 0.2) is 23.1 Å². The van der Waals surface area contributed by atoms with Gasteiger partial charge < -0.3 is 5.11 Å².